The molecule has 21 heavy (non-hydrogen) atoms. The number of hydrazine groups is 1. The Morgan fingerprint density at radius 2 is 2.24 bits per heavy atom. The Balaban J connectivity index is 2.33. The molecule has 1 aliphatic rings. The molecule has 114 valence electrons. The lowest BCUT2D eigenvalue weighted by molar-refractivity contribution is -0.384. The Labute approximate surface area is 123 Å². The second-order valence-electron chi connectivity index (χ2n) is 5.33. The fourth-order valence-corrected chi connectivity index (χ4v) is 2.93. The van der Waals surface area contributed by atoms with Crippen molar-refractivity contribution in [2.24, 2.45) is 5.84 Å². The SMILES string of the molecule is CCC1CCC(C)N1C(=O)c1ccc([N+](=O)[O-])c(NN)c1. The molecule has 1 heterocycles. The van der Waals surface area contributed by atoms with Crippen LogP contribution in [0.25, 0.3) is 0 Å². The van der Waals surface area contributed by atoms with Gasteiger partial charge in [0, 0.05) is 23.7 Å². The summed E-state index contributed by atoms with van der Waals surface area (Å²) < 4.78 is 0. The van der Waals surface area contributed by atoms with Crippen LogP contribution in [-0.4, -0.2) is 27.8 Å². The van der Waals surface area contributed by atoms with Crippen molar-refractivity contribution in [1.82, 2.24) is 4.90 Å². The molecule has 1 aromatic rings. The lowest BCUT2D eigenvalue weighted by Crippen LogP contribution is -2.39. The predicted octanol–water partition coefficient (Wildman–Crippen LogP) is 2.28. The Bertz CT molecular complexity index is 561. The number of nitro groups is 1. The number of likely N-dealkylation sites (tertiary alicyclic amines) is 1. The van der Waals surface area contributed by atoms with Gasteiger partial charge in [0.2, 0.25) is 0 Å². The summed E-state index contributed by atoms with van der Waals surface area (Å²) >= 11 is 0. The number of nitro benzene ring substituents is 1. The molecule has 0 aliphatic carbocycles. The van der Waals surface area contributed by atoms with E-state index in [9.17, 15) is 14.9 Å². The largest absolute Gasteiger partial charge is 0.333 e. The summed E-state index contributed by atoms with van der Waals surface area (Å²) in [5.41, 5.74) is 2.71. The van der Waals surface area contributed by atoms with E-state index >= 15 is 0 Å². The lowest BCUT2D eigenvalue weighted by atomic mass is 10.1. The number of anilines is 1. The normalized spacial score (nSPS) is 21.4. The molecule has 1 amide bonds. The fraction of sp³-hybridized carbons (Fsp3) is 0.500. The number of rotatable bonds is 4. The van der Waals surface area contributed by atoms with E-state index < -0.39 is 4.92 Å². The quantitative estimate of drug-likeness (QED) is 0.503. The fourth-order valence-electron chi connectivity index (χ4n) is 2.93. The first-order valence-corrected chi connectivity index (χ1v) is 7.07. The van der Waals surface area contributed by atoms with Gasteiger partial charge in [0.1, 0.15) is 5.69 Å². The van der Waals surface area contributed by atoms with Gasteiger partial charge < -0.3 is 10.3 Å². The molecule has 1 aliphatic heterocycles. The van der Waals surface area contributed by atoms with Gasteiger partial charge in [0.25, 0.3) is 11.6 Å². The monoisotopic (exact) mass is 292 g/mol. The topological polar surface area (TPSA) is 102 Å². The van der Waals surface area contributed by atoms with Gasteiger partial charge in [0.05, 0.1) is 4.92 Å². The zero-order valence-electron chi connectivity index (χ0n) is 12.2. The number of nitrogens with zero attached hydrogens (tertiary/aromatic N) is 2. The van der Waals surface area contributed by atoms with Gasteiger partial charge in [-0.05, 0) is 38.3 Å². The first-order chi connectivity index (χ1) is 9.99. The summed E-state index contributed by atoms with van der Waals surface area (Å²) in [5.74, 6) is 5.21. The molecule has 2 unspecified atom stereocenters. The van der Waals surface area contributed by atoms with Crippen molar-refractivity contribution in [3.8, 4) is 0 Å². The Kier molecular flexibility index (Phi) is 4.42. The number of hydrogen-bond acceptors (Lipinski definition) is 5. The summed E-state index contributed by atoms with van der Waals surface area (Å²) in [5, 5.41) is 10.9. The minimum absolute atomic E-state index is 0.0988. The van der Waals surface area contributed by atoms with Crippen molar-refractivity contribution in [3.63, 3.8) is 0 Å². The molecule has 0 aromatic heterocycles. The highest BCUT2D eigenvalue weighted by Gasteiger charge is 2.34. The molecule has 3 N–H and O–H groups in total. The third-order valence-electron chi connectivity index (χ3n) is 4.09. The predicted molar refractivity (Wildman–Crippen MR) is 79.9 cm³/mol. The van der Waals surface area contributed by atoms with Gasteiger partial charge in [-0.2, -0.15) is 0 Å². The lowest BCUT2D eigenvalue weighted by Gasteiger charge is -2.28. The smallest absolute Gasteiger partial charge is 0.293 e. The number of nitrogens with two attached hydrogens (primary N) is 1. The van der Waals surface area contributed by atoms with Gasteiger partial charge in [-0.3, -0.25) is 20.8 Å². The van der Waals surface area contributed by atoms with E-state index in [-0.39, 0.29) is 29.4 Å². The van der Waals surface area contributed by atoms with Crippen LogP contribution in [0.5, 0.6) is 0 Å². The molecule has 1 fully saturated rings. The van der Waals surface area contributed by atoms with E-state index in [2.05, 4.69) is 12.3 Å². The summed E-state index contributed by atoms with van der Waals surface area (Å²) in [6, 6.07) is 4.66. The van der Waals surface area contributed by atoms with Gasteiger partial charge in [-0.25, -0.2) is 0 Å². The van der Waals surface area contributed by atoms with Crippen LogP contribution in [-0.2, 0) is 0 Å². The number of amides is 1. The minimum Gasteiger partial charge on any atom is -0.333 e. The van der Waals surface area contributed by atoms with Gasteiger partial charge >= 0.3 is 0 Å². The Morgan fingerprint density at radius 3 is 2.81 bits per heavy atom. The zero-order chi connectivity index (χ0) is 15.6. The third kappa shape index (κ3) is 2.82. The number of nitrogens with one attached hydrogen (secondary N) is 1. The number of carbonyl (C=O) groups is 1. The molecule has 0 saturated carbocycles. The van der Waals surface area contributed by atoms with Crippen LogP contribution in [0, 0.1) is 10.1 Å². The maximum Gasteiger partial charge on any atom is 0.293 e. The molecular weight excluding hydrogens is 272 g/mol. The van der Waals surface area contributed by atoms with Crippen LogP contribution < -0.4 is 11.3 Å². The molecular formula is C14H20N4O3. The second-order valence-corrected chi connectivity index (χ2v) is 5.33. The van der Waals surface area contributed by atoms with Gasteiger partial charge in [0.15, 0.2) is 0 Å². The molecule has 7 heteroatoms. The molecule has 2 rings (SSSR count). The Morgan fingerprint density at radius 1 is 1.52 bits per heavy atom. The van der Waals surface area contributed by atoms with Gasteiger partial charge in [-0.15, -0.1) is 0 Å². The van der Waals surface area contributed by atoms with Crippen molar-refractivity contribution in [2.75, 3.05) is 5.43 Å². The minimum atomic E-state index is -0.531. The maximum absolute atomic E-state index is 12.7. The standard InChI is InChI=1S/C14H20N4O3/c1-3-11-6-4-9(2)17(11)14(19)10-5-7-13(18(20)21)12(8-10)16-15/h5,7-9,11,16H,3-4,6,15H2,1-2H3. The van der Waals surface area contributed by atoms with Crippen LogP contribution in [0.4, 0.5) is 11.4 Å². The van der Waals surface area contributed by atoms with Crippen molar-refractivity contribution in [3.05, 3.63) is 33.9 Å². The van der Waals surface area contributed by atoms with Crippen LogP contribution in [0.1, 0.15) is 43.5 Å². The number of carbonyl (C=O) groups excluding carboxylic acids is 1. The number of nitrogen functional groups attached to an aromatic ring is 1. The number of hydrogen-bond donors (Lipinski definition) is 2. The van der Waals surface area contributed by atoms with E-state index in [1.54, 1.807) is 0 Å². The van der Waals surface area contributed by atoms with Crippen molar-refractivity contribution in [1.29, 1.82) is 0 Å². The molecule has 0 bridgehead atoms. The van der Waals surface area contributed by atoms with E-state index in [1.165, 1.54) is 18.2 Å². The average molecular weight is 292 g/mol. The number of benzene rings is 1. The molecule has 0 radical (unpaired) electrons. The highest BCUT2D eigenvalue weighted by molar-refractivity contribution is 5.96. The third-order valence-corrected chi connectivity index (χ3v) is 4.09. The molecule has 1 aromatic carbocycles. The first-order valence-electron chi connectivity index (χ1n) is 7.07. The highest BCUT2D eigenvalue weighted by Crippen LogP contribution is 2.30. The first kappa shape index (κ1) is 15.2. The average Bonchev–Trinajstić information content (AvgIpc) is 2.86. The summed E-state index contributed by atoms with van der Waals surface area (Å²) in [6.45, 7) is 4.09. The summed E-state index contributed by atoms with van der Waals surface area (Å²) in [4.78, 5) is 24.9. The second kappa shape index (κ2) is 6.09. The Hall–Kier alpha value is -2.15. The van der Waals surface area contributed by atoms with Crippen molar-refractivity contribution < 1.29 is 9.72 Å². The highest BCUT2D eigenvalue weighted by atomic mass is 16.6. The van der Waals surface area contributed by atoms with E-state index in [4.69, 9.17) is 5.84 Å². The van der Waals surface area contributed by atoms with Crippen molar-refractivity contribution >= 4 is 17.3 Å². The van der Waals surface area contributed by atoms with Crippen LogP contribution in [0.3, 0.4) is 0 Å². The molecule has 1 saturated heterocycles. The van der Waals surface area contributed by atoms with E-state index in [0.717, 1.165) is 19.3 Å². The van der Waals surface area contributed by atoms with E-state index in [1.807, 2.05) is 11.8 Å². The summed E-state index contributed by atoms with van der Waals surface area (Å²) in [7, 11) is 0. The van der Waals surface area contributed by atoms with E-state index in [0.29, 0.717) is 5.56 Å². The van der Waals surface area contributed by atoms with Gasteiger partial charge in [-0.1, -0.05) is 6.92 Å². The van der Waals surface area contributed by atoms with Crippen molar-refractivity contribution in [2.45, 2.75) is 45.2 Å². The van der Waals surface area contributed by atoms with Crippen LogP contribution >= 0.6 is 0 Å². The van der Waals surface area contributed by atoms with Crippen LogP contribution in [0.2, 0.25) is 0 Å². The molecule has 2 atom stereocenters. The molecule has 7 nitrogen and oxygen atoms in total. The molecule has 0 spiro atoms. The maximum atomic E-state index is 12.7. The summed E-state index contributed by atoms with van der Waals surface area (Å²) in [6.07, 6.45) is 2.89. The van der Waals surface area contributed by atoms with Crippen LogP contribution in [0.15, 0.2) is 18.2 Å². The zero-order valence-corrected chi connectivity index (χ0v) is 12.2.